The molecule has 4 rings (SSSR count). The van der Waals surface area contributed by atoms with Crippen LogP contribution in [-0.2, 0) is 11.3 Å². The smallest absolute Gasteiger partial charge is 0.293 e. The molecule has 7 nitrogen and oxygen atoms in total. The second-order valence-corrected chi connectivity index (χ2v) is 7.76. The minimum atomic E-state index is -0.475. The molecular weight excluding hydrogens is 404 g/mol. The molecule has 0 N–H and O–H groups in total. The van der Waals surface area contributed by atoms with Crippen LogP contribution in [0.2, 0.25) is 0 Å². The minimum absolute atomic E-state index is 0.0391. The van der Waals surface area contributed by atoms with Crippen LogP contribution in [0.25, 0.3) is 17.4 Å². The normalized spacial score (nSPS) is 15.2. The highest BCUT2D eigenvalue weighted by molar-refractivity contribution is 8.18. The molecule has 0 radical (unpaired) electrons. The Balaban J connectivity index is 1.54. The Bertz CT molecular complexity index is 1200. The molecular formula is C22H16N2O5S. The van der Waals surface area contributed by atoms with E-state index >= 15 is 0 Å². The number of amides is 2. The van der Waals surface area contributed by atoms with E-state index in [1.54, 1.807) is 24.3 Å². The van der Waals surface area contributed by atoms with Crippen molar-refractivity contribution in [3.05, 3.63) is 92.6 Å². The van der Waals surface area contributed by atoms with E-state index in [0.29, 0.717) is 17.1 Å². The van der Waals surface area contributed by atoms with Gasteiger partial charge in [-0.2, -0.15) is 0 Å². The average Bonchev–Trinajstić information content (AvgIpc) is 3.29. The zero-order chi connectivity index (χ0) is 21.3. The fraction of sp³-hybridized carbons (Fsp3) is 0.0909. The molecule has 2 heterocycles. The fourth-order valence-corrected chi connectivity index (χ4v) is 3.94. The first kappa shape index (κ1) is 19.7. The second-order valence-electron chi connectivity index (χ2n) is 6.77. The lowest BCUT2D eigenvalue weighted by molar-refractivity contribution is -0.384. The molecule has 0 atom stereocenters. The molecule has 1 aliphatic rings. The largest absolute Gasteiger partial charge is 0.457 e. The Morgan fingerprint density at radius 2 is 1.90 bits per heavy atom. The van der Waals surface area contributed by atoms with E-state index in [-0.39, 0.29) is 28.3 Å². The van der Waals surface area contributed by atoms with Crippen LogP contribution >= 0.6 is 11.8 Å². The Labute approximate surface area is 176 Å². The third-order valence-corrected chi connectivity index (χ3v) is 5.45. The quantitative estimate of drug-likeness (QED) is 0.312. The average molecular weight is 420 g/mol. The Kier molecular flexibility index (Phi) is 5.24. The highest BCUT2D eigenvalue weighted by Crippen LogP contribution is 2.34. The fourth-order valence-electron chi connectivity index (χ4n) is 3.12. The third-order valence-electron chi connectivity index (χ3n) is 4.54. The molecule has 0 unspecified atom stereocenters. The SMILES string of the molecule is Cc1cccc(CN2C(=O)S/C(=C\c3ccc(-c4cccc([N+](=O)[O-])c4)o3)C2=O)c1. The van der Waals surface area contributed by atoms with Crippen molar-refractivity contribution in [3.8, 4) is 11.3 Å². The van der Waals surface area contributed by atoms with Gasteiger partial charge in [-0.25, -0.2) is 0 Å². The highest BCUT2D eigenvalue weighted by Gasteiger charge is 2.35. The van der Waals surface area contributed by atoms with Gasteiger partial charge in [-0.15, -0.1) is 0 Å². The van der Waals surface area contributed by atoms with Gasteiger partial charge in [0.15, 0.2) is 0 Å². The molecule has 1 saturated heterocycles. The predicted molar refractivity (Wildman–Crippen MR) is 113 cm³/mol. The van der Waals surface area contributed by atoms with Crippen LogP contribution in [0.5, 0.6) is 0 Å². The second kappa shape index (κ2) is 8.00. The summed E-state index contributed by atoms with van der Waals surface area (Å²) in [6.45, 7) is 2.16. The van der Waals surface area contributed by atoms with Crippen molar-refractivity contribution in [3.63, 3.8) is 0 Å². The molecule has 1 aromatic heterocycles. The summed E-state index contributed by atoms with van der Waals surface area (Å²) in [5.74, 6) is 0.446. The monoisotopic (exact) mass is 420 g/mol. The number of carbonyl (C=O) groups excluding carboxylic acids is 2. The molecule has 1 fully saturated rings. The summed E-state index contributed by atoms with van der Waals surface area (Å²) in [4.78, 5) is 37.0. The molecule has 2 amide bonds. The minimum Gasteiger partial charge on any atom is -0.457 e. The lowest BCUT2D eigenvalue weighted by atomic mass is 10.1. The zero-order valence-electron chi connectivity index (χ0n) is 15.9. The number of carbonyl (C=O) groups is 2. The number of benzene rings is 2. The lowest BCUT2D eigenvalue weighted by Gasteiger charge is -2.12. The Morgan fingerprint density at radius 1 is 1.10 bits per heavy atom. The van der Waals surface area contributed by atoms with Gasteiger partial charge in [-0.05, 0) is 36.4 Å². The number of furan rings is 1. The van der Waals surface area contributed by atoms with Crippen LogP contribution < -0.4 is 0 Å². The van der Waals surface area contributed by atoms with Gasteiger partial charge in [-0.1, -0.05) is 42.0 Å². The van der Waals surface area contributed by atoms with Gasteiger partial charge in [0.1, 0.15) is 11.5 Å². The highest BCUT2D eigenvalue weighted by atomic mass is 32.2. The van der Waals surface area contributed by atoms with Crippen molar-refractivity contribution in [1.29, 1.82) is 0 Å². The number of non-ortho nitro benzene ring substituents is 1. The molecule has 150 valence electrons. The first-order valence-electron chi connectivity index (χ1n) is 9.06. The van der Waals surface area contributed by atoms with Gasteiger partial charge in [0.25, 0.3) is 16.8 Å². The van der Waals surface area contributed by atoms with E-state index < -0.39 is 4.92 Å². The molecule has 0 bridgehead atoms. The van der Waals surface area contributed by atoms with Crippen molar-refractivity contribution < 1.29 is 18.9 Å². The van der Waals surface area contributed by atoms with E-state index in [9.17, 15) is 19.7 Å². The summed E-state index contributed by atoms with van der Waals surface area (Å²) in [5, 5.41) is 10.6. The molecule has 3 aromatic rings. The van der Waals surface area contributed by atoms with E-state index in [0.717, 1.165) is 22.9 Å². The van der Waals surface area contributed by atoms with E-state index in [1.165, 1.54) is 23.1 Å². The topological polar surface area (TPSA) is 93.7 Å². The summed E-state index contributed by atoms with van der Waals surface area (Å²) >= 11 is 0.861. The van der Waals surface area contributed by atoms with Crippen LogP contribution in [0.3, 0.4) is 0 Å². The van der Waals surface area contributed by atoms with Crippen molar-refractivity contribution in [2.75, 3.05) is 0 Å². The Hall–Kier alpha value is -3.65. The number of rotatable bonds is 5. The lowest BCUT2D eigenvalue weighted by Crippen LogP contribution is -2.27. The summed E-state index contributed by atoms with van der Waals surface area (Å²) in [5.41, 5.74) is 2.45. The number of imide groups is 1. The maximum Gasteiger partial charge on any atom is 0.293 e. The van der Waals surface area contributed by atoms with Gasteiger partial charge in [0.05, 0.1) is 16.4 Å². The van der Waals surface area contributed by atoms with Gasteiger partial charge < -0.3 is 4.42 Å². The number of nitrogens with zero attached hydrogens (tertiary/aromatic N) is 2. The standard InChI is InChI=1S/C22H16N2O5S/c1-14-4-2-5-15(10-14)13-23-21(25)20(30-22(23)26)12-18-8-9-19(29-18)16-6-3-7-17(11-16)24(27)28/h2-12H,13H2,1H3/b20-12-. The number of thioether (sulfide) groups is 1. The number of nitro benzene ring substituents is 1. The number of hydrogen-bond donors (Lipinski definition) is 0. The van der Waals surface area contributed by atoms with Crippen LogP contribution in [0.4, 0.5) is 10.5 Å². The van der Waals surface area contributed by atoms with Gasteiger partial charge in [-0.3, -0.25) is 24.6 Å². The molecule has 1 aliphatic heterocycles. The third kappa shape index (κ3) is 4.04. The van der Waals surface area contributed by atoms with E-state index in [4.69, 9.17) is 4.42 Å². The maximum atomic E-state index is 12.7. The molecule has 0 aliphatic carbocycles. The first-order chi connectivity index (χ1) is 14.4. The van der Waals surface area contributed by atoms with E-state index in [2.05, 4.69) is 0 Å². The van der Waals surface area contributed by atoms with E-state index in [1.807, 2.05) is 31.2 Å². The number of hydrogen-bond acceptors (Lipinski definition) is 6. The maximum absolute atomic E-state index is 12.7. The number of aryl methyl sites for hydroxylation is 1. The molecule has 30 heavy (non-hydrogen) atoms. The predicted octanol–water partition coefficient (Wildman–Crippen LogP) is 5.40. The summed E-state index contributed by atoms with van der Waals surface area (Å²) in [7, 11) is 0. The van der Waals surface area contributed by atoms with Crippen LogP contribution in [0.15, 0.2) is 70.0 Å². The molecule has 2 aromatic carbocycles. The van der Waals surface area contributed by atoms with Gasteiger partial charge >= 0.3 is 0 Å². The summed E-state index contributed by atoms with van der Waals surface area (Å²) in [6, 6.07) is 17.1. The van der Waals surface area contributed by atoms with Crippen LogP contribution in [-0.4, -0.2) is 21.0 Å². The van der Waals surface area contributed by atoms with Gasteiger partial charge in [0.2, 0.25) is 0 Å². The van der Waals surface area contributed by atoms with Crippen molar-refractivity contribution >= 4 is 34.7 Å². The summed E-state index contributed by atoms with van der Waals surface area (Å²) < 4.78 is 5.72. The van der Waals surface area contributed by atoms with Gasteiger partial charge in [0, 0.05) is 23.8 Å². The first-order valence-corrected chi connectivity index (χ1v) is 9.88. The zero-order valence-corrected chi connectivity index (χ0v) is 16.7. The van der Waals surface area contributed by atoms with Crippen LogP contribution in [0, 0.1) is 17.0 Å². The molecule has 0 spiro atoms. The van der Waals surface area contributed by atoms with Crippen molar-refractivity contribution in [1.82, 2.24) is 4.90 Å². The van der Waals surface area contributed by atoms with Crippen molar-refractivity contribution in [2.24, 2.45) is 0 Å². The molecule has 8 heteroatoms. The molecule has 0 saturated carbocycles. The summed E-state index contributed by atoms with van der Waals surface area (Å²) in [6.07, 6.45) is 1.52. The number of nitro groups is 1. The Morgan fingerprint density at radius 3 is 2.67 bits per heavy atom. The van der Waals surface area contributed by atoms with Crippen molar-refractivity contribution in [2.45, 2.75) is 13.5 Å². The van der Waals surface area contributed by atoms with Crippen LogP contribution in [0.1, 0.15) is 16.9 Å².